The van der Waals surface area contributed by atoms with Gasteiger partial charge >= 0.3 is 5.97 Å². The Morgan fingerprint density at radius 2 is 1.20 bits per heavy atom. The molecule has 0 amide bonds. The third-order valence-electron chi connectivity index (χ3n) is 9.90. The van der Waals surface area contributed by atoms with Gasteiger partial charge in [-0.1, -0.05) is 134 Å². The zero-order chi connectivity index (χ0) is 39.6. The summed E-state index contributed by atoms with van der Waals surface area (Å²) in [6.07, 6.45) is 39.3. The molecule has 4 atom stereocenters. The van der Waals surface area contributed by atoms with E-state index in [1.807, 2.05) is 21.1 Å². The van der Waals surface area contributed by atoms with Crippen molar-refractivity contribution in [3.05, 3.63) is 24.3 Å². The molecule has 4 unspecified atom stereocenters. The number of carbonyl (C=O) groups excluding carboxylic acids is 1. The summed E-state index contributed by atoms with van der Waals surface area (Å²) < 4.78 is 40.3. The zero-order valence-corrected chi connectivity index (χ0v) is 36.5. The molecule has 54 heavy (non-hydrogen) atoms. The molecule has 318 valence electrons. The topological polar surface area (TPSA) is 107 Å². The molecule has 0 saturated carbocycles. The summed E-state index contributed by atoms with van der Waals surface area (Å²) in [4.78, 5) is 25.1. The van der Waals surface area contributed by atoms with Gasteiger partial charge in [0.15, 0.2) is 0 Å². The highest BCUT2D eigenvalue weighted by molar-refractivity contribution is 7.45. The second-order valence-electron chi connectivity index (χ2n) is 16.4. The van der Waals surface area contributed by atoms with Crippen molar-refractivity contribution in [1.29, 1.82) is 0 Å². The van der Waals surface area contributed by atoms with Crippen LogP contribution in [0.1, 0.15) is 181 Å². The third-order valence-corrected chi connectivity index (χ3v) is 10.9. The molecule has 1 saturated heterocycles. The molecule has 9 nitrogen and oxygen atoms in total. The van der Waals surface area contributed by atoms with Gasteiger partial charge in [0, 0.05) is 13.0 Å². The smallest absolute Gasteiger partial charge is 0.306 e. The van der Waals surface area contributed by atoms with Crippen molar-refractivity contribution in [3.8, 4) is 0 Å². The number of hydrogen-bond donors (Lipinski definition) is 0. The van der Waals surface area contributed by atoms with E-state index in [4.69, 9.17) is 23.3 Å². The number of allylic oxidation sites excluding steroid dienone is 3. The highest BCUT2D eigenvalue weighted by Crippen LogP contribution is 2.38. The van der Waals surface area contributed by atoms with Crippen LogP contribution < -0.4 is 4.89 Å². The molecule has 1 aliphatic rings. The third kappa shape index (κ3) is 34.2. The maximum atomic E-state index is 12.7. The van der Waals surface area contributed by atoms with Crippen LogP contribution in [0, 0.1) is 0 Å². The van der Waals surface area contributed by atoms with Crippen molar-refractivity contribution >= 4 is 13.8 Å². The van der Waals surface area contributed by atoms with Crippen molar-refractivity contribution in [3.63, 3.8) is 0 Å². The second-order valence-corrected chi connectivity index (χ2v) is 17.8. The molecule has 0 radical (unpaired) electrons. The molecule has 10 heteroatoms. The largest absolute Gasteiger partial charge is 0.756 e. The van der Waals surface area contributed by atoms with E-state index in [1.54, 1.807) is 0 Å². The highest BCUT2D eigenvalue weighted by atomic mass is 31.2. The van der Waals surface area contributed by atoms with E-state index in [0.717, 1.165) is 57.8 Å². The van der Waals surface area contributed by atoms with E-state index in [1.165, 1.54) is 103 Å². The average Bonchev–Trinajstić information content (AvgIpc) is 3.87. The van der Waals surface area contributed by atoms with Crippen molar-refractivity contribution in [2.45, 2.75) is 199 Å². The number of phosphoric acid groups is 1. The Kier molecular flexibility index (Phi) is 32.1. The number of hydrogen-bond acceptors (Lipinski definition) is 8. The Balaban J connectivity index is 2.22. The Labute approximate surface area is 332 Å². The minimum atomic E-state index is -4.53. The maximum Gasteiger partial charge on any atom is 0.306 e. The van der Waals surface area contributed by atoms with Crippen molar-refractivity contribution < 1.29 is 42.0 Å². The minimum absolute atomic E-state index is 0.0204. The lowest BCUT2D eigenvalue weighted by Crippen LogP contribution is -2.37. The molecule has 0 aliphatic carbocycles. The summed E-state index contributed by atoms with van der Waals surface area (Å²) in [6.45, 7) is 5.34. The number of nitrogens with zero attached hydrogens (tertiary/aromatic N) is 1. The van der Waals surface area contributed by atoms with Crippen molar-refractivity contribution in [2.24, 2.45) is 0 Å². The van der Waals surface area contributed by atoms with Crippen LogP contribution in [0.3, 0.4) is 0 Å². The summed E-state index contributed by atoms with van der Waals surface area (Å²) in [6, 6.07) is 0. The van der Waals surface area contributed by atoms with Gasteiger partial charge in [-0.05, 0) is 64.2 Å². The van der Waals surface area contributed by atoms with E-state index in [2.05, 4.69) is 38.2 Å². The quantitative estimate of drug-likeness (QED) is 0.0151. The number of unbranched alkanes of at least 4 members (excludes halogenated alkanes) is 19. The molecule has 1 heterocycles. The van der Waals surface area contributed by atoms with E-state index in [9.17, 15) is 14.3 Å². The molecule has 0 spiro atoms. The van der Waals surface area contributed by atoms with Crippen LogP contribution >= 0.6 is 7.82 Å². The Morgan fingerprint density at radius 1 is 0.667 bits per heavy atom. The fourth-order valence-electron chi connectivity index (χ4n) is 6.31. The number of likely N-dealkylation sites (N-methyl/N-ethyl adjacent to an activating group) is 1. The lowest BCUT2D eigenvalue weighted by molar-refractivity contribution is -0.870. The van der Waals surface area contributed by atoms with Gasteiger partial charge in [0.1, 0.15) is 19.3 Å². The van der Waals surface area contributed by atoms with Gasteiger partial charge in [0.05, 0.1) is 46.6 Å². The number of ether oxygens (including phenoxy) is 3. The molecule has 0 aromatic heterocycles. The van der Waals surface area contributed by atoms with Gasteiger partial charge in [-0.3, -0.25) is 9.36 Å². The van der Waals surface area contributed by atoms with Crippen LogP contribution in [-0.2, 0) is 32.6 Å². The minimum Gasteiger partial charge on any atom is -0.756 e. The molecule has 0 aromatic rings. The van der Waals surface area contributed by atoms with Gasteiger partial charge < -0.3 is 32.6 Å². The first-order valence-electron chi connectivity index (χ1n) is 22.2. The van der Waals surface area contributed by atoms with Crippen LogP contribution in [0.25, 0.3) is 0 Å². The van der Waals surface area contributed by atoms with Crippen molar-refractivity contribution in [1.82, 2.24) is 0 Å². The van der Waals surface area contributed by atoms with Gasteiger partial charge in [0.2, 0.25) is 0 Å². The molecule has 0 N–H and O–H groups in total. The summed E-state index contributed by atoms with van der Waals surface area (Å²) in [7, 11) is 1.34. The lowest BCUT2D eigenvalue weighted by Gasteiger charge is -2.28. The number of phosphoric ester groups is 1. The van der Waals surface area contributed by atoms with E-state index in [-0.39, 0.29) is 25.8 Å². The predicted molar refractivity (Wildman–Crippen MR) is 221 cm³/mol. The number of esters is 1. The average molecular weight is 786 g/mol. The van der Waals surface area contributed by atoms with Crippen LogP contribution in [0.4, 0.5) is 0 Å². The van der Waals surface area contributed by atoms with Crippen LogP contribution in [0.5, 0.6) is 0 Å². The Hall–Kier alpha value is -1.06. The molecular formula is C44H84NO8P. The monoisotopic (exact) mass is 786 g/mol. The lowest BCUT2D eigenvalue weighted by atomic mass is 10.1. The standard InChI is InChI=1S/C44H84NO8P/c1-6-8-10-11-12-13-14-15-16-17-18-19-22-25-28-32-37-49-39-41(40-51-54(47,48)50-38-36-45(3,4)5)52-44(46)35-31-27-24-21-20-23-26-30-34-43-42(53-43)33-29-9-7-2/h15-16,26,30,41-43H,6-14,17-25,27-29,31-40H2,1-5H3/b16-15-,30-26-. The van der Waals surface area contributed by atoms with E-state index in [0.29, 0.717) is 36.3 Å². The van der Waals surface area contributed by atoms with Gasteiger partial charge in [0.25, 0.3) is 7.82 Å². The van der Waals surface area contributed by atoms with Crippen LogP contribution in [0.15, 0.2) is 24.3 Å². The molecule has 0 aromatic carbocycles. The number of carbonyl (C=O) groups is 1. The van der Waals surface area contributed by atoms with Gasteiger partial charge in [-0.25, -0.2) is 0 Å². The fraction of sp³-hybridized carbons (Fsp3) is 0.886. The molecule has 0 bridgehead atoms. The molecular weight excluding hydrogens is 701 g/mol. The number of rotatable bonds is 40. The first-order valence-corrected chi connectivity index (χ1v) is 23.7. The summed E-state index contributed by atoms with van der Waals surface area (Å²) in [5.41, 5.74) is 0. The van der Waals surface area contributed by atoms with Gasteiger partial charge in [-0.2, -0.15) is 0 Å². The Bertz CT molecular complexity index is 984. The number of quaternary nitrogens is 1. The van der Waals surface area contributed by atoms with E-state index < -0.39 is 13.9 Å². The molecule has 1 fully saturated rings. The fourth-order valence-corrected chi connectivity index (χ4v) is 7.04. The maximum absolute atomic E-state index is 12.7. The SMILES string of the molecule is CCCCCCCC/C=C\CCCCCCCCOCC(COP(=O)([O-])OCC[N+](C)(C)C)OC(=O)CCCCCCC/C=C\CC1OC1CCCCC. The first kappa shape index (κ1) is 51.0. The van der Waals surface area contributed by atoms with Crippen molar-refractivity contribution in [2.75, 3.05) is 54.1 Å². The highest BCUT2D eigenvalue weighted by Gasteiger charge is 2.36. The first-order chi connectivity index (χ1) is 26.1. The zero-order valence-electron chi connectivity index (χ0n) is 35.6. The Morgan fingerprint density at radius 3 is 1.81 bits per heavy atom. The summed E-state index contributed by atoms with van der Waals surface area (Å²) in [5, 5.41) is 0. The van der Waals surface area contributed by atoms with Crippen LogP contribution in [-0.4, -0.2) is 82.9 Å². The van der Waals surface area contributed by atoms with E-state index >= 15 is 0 Å². The normalized spacial score (nSPS) is 17.7. The molecule has 1 aliphatic heterocycles. The summed E-state index contributed by atoms with van der Waals surface area (Å²) in [5.74, 6) is -0.352. The summed E-state index contributed by atoms with van der Waals surface area (Å²) >= 11 is 0. The second kappa shape index (κ2) is 34.0. The predicted octanol–water partition coefficient (Wildman–Crippen LogP) is 11.2. The molecule has 1 rings (SSSR count). The van der Waals surface area contributed by atoms with Crippen LogP contribution in [0.2, 0.25) is 0 Å². The van der Waals surface area contributed by atoms with Gasteiger partial charge in [-0.15, -0.1) is 0 Å². The number of epoxide rings is 1.